The molecule has 1 fully saturated rings. The van der Waals surface area contributed by atoms with Crippen molar-refractivity contribution < 1.29 is 19.4 Å². The van der Waals surface area contributed by atoms with Crippen LogP contribution < -0.4 is 4.74 Å². The van der Waals surface area contributed by atoms with Crippen LogP contribution in [0, 0.1) is 0 Å². The number of ketones is 1. The lowest BCUT2D eigenvalue weighted by Gasteiger charge is -2.52. The molecule has 4 rings (SSSR count). The van der Waals surface area contributed by atoms with Gasteiger partial charge in [-0.25, -0.2) is 0 Å². The molecule has 1 N–H and O–H groups in total. The predicted octanol–water partition coefficient (Wildman–Crippen LogP) is 1.94. The van der Waals surface area contributed by atoms with Crippen LogP contribution in [0.5, 0.6) is 11.5 Å². The van der Waals surface area contributed by atoms with Gasteiger partial charge in [0.05, 0.1) is 14.2 Å². The quantitative estimate of drug-likeness (QED) is 0.899. The second-order valence-electron chi connectivity index (χ2n) is 6.75. The maximum absolute atomic E-state index is 12.4. The third-order valence-corrected chi connectivity index (χ3v) is 5.68. The molecule has 0 spiro atoms. The van der Waals surface area contributed by atoms with Crippen molar-refractivity contribution in [2.75, 3.05) is 27.8 Å². The number of aromatic hydroxyl groups is 1. The summed E-state index contributed by atoms with van der Waals surface area (Å²) in [6.07, 6.45) is 5.29. The third kappa shape index (κ3) is 1.82. The van der Waals surface area contributed by atoms with Crippen LogP contribution in [-0.2, 0) is 21.4 Å². The highest BCUT2D eigenvalue weighted by Gasteiger charge is 2.52. The monoisotopic (exact) mass is 327 g/mol. The highest BCUT2D eigenvalue weighted by molar-refractivity contribution is 6.05. The summed E-state index contributed by atoms with van der Waals surface area (Å²) >= 11 is 0. The van der Waals surface area contributed by atoms with Gasteiger partial charge < -0.3 is 14.6 Å². The summed E-state index contributed by atoms with van der Waals surface area (Å²) in [4.78, 5) is 14.7. The van der Waals surface area contributed by atoms with Gasteiger partial charge in [-0.3, -0.25) is 9.69 Å². The van der Waals surface area contributed by atoms with E-state index >= 15 is 0 Å². The second kappa shape index (κ2) is 5.11. The minimum Gasteiger partial charge on any atom is -0.504 e. The molecule has 2 aliphatic carbocycles. The van der Waals surface area contributed by atoms with Gasteiger partial charge in [-0.1, -0.05) is 6.07 Å². The van der Waals surface area contributed by atoms with Crippen LogP contribution in [0.25, 0.3) is 0 Å². The molecular formula is C19H21NO4. The molecule has 1 heterocycles. The van der Waals surface area contributed by atoms with Gasteiger partial charge in [0, 0.05) is 17.0 Å². The van der Waals surface area contributed by atoms with E-state index in [1.54, 1.807) is 19.3 Å². The Bertz CT molecular complexity index is 795. The zero-order valence-electron chi connectivity index (χ0n) is 14.1. The number of nitrogens with zero attached hydrogens (tertiary/aromatic N) is 1. The fraction of sp³-hybridized carbons (Fsp3) is 0.421. The molecule has 1 aromatic rings. The largest absolute Gasteiger partial charge is 0.504 e. The van der Waals surface area contributed by atoms with Gasteiger partial charge >= 0.3 is 0 Å². The topological polar surface area (TPSA) is 59.0 Å². The van der Waals surface area contributed by atoms with E-state index in [9.17, 15) is 9.90 Å². The number of allylic oxidation sites excluding steroid dienone is 2. The Labute approximate surface area is 141 Å². The molecule has 2 bridgehead atoms. The summed E-state index contributed by atoms with van der Waals surface area (Å²) in [7, 11) is 5.19. The molecule has 126 valence electrons. The molecule has 2 atom stereocenters. The van der Waals surface area contributed by atoms with E-state index < -0.39 is 5.41 Å². The molecule has 0 amide bonds. The molecule has 5 nitrogen and oxygen atoms in total. The first kappa shape index (κ1) is 15.3. The highest BCUT2D eigenvalue weighted by Crippen LogP contribution is 2.55. The van der Waals surface area contributed by atoms with Crippen molar-refractivity contribution in [2.24, 2.45) is 0 Å². The minimum absolute atomic E-state index is 0.0917. The molecule has 3 aliphatic rings. The zero-order valence-corrected chi connectivity index (χ0v) is 14.1. The summed E-state index contributed by atoms with van der Waals surface area (Å²) in [5.74, 6) is 0.903. The lowest BCUT2D eigenvalue weighted by molar-refractivity contribution is -0.114. The molecule has 1 aliphatic heterocycles. The van der Waals surface area contributed by atoms with Gasteiger partial charge in [0.2, 0.25) is 5.78 Å². The Morgan fingerprint density at radius 1 is 1.29 bits per heavy atom. The van der Waals surface area contributed by atoms with E-state index in [-0.39, 0.29) is 17.6 Å². The van der Waals surface area contributed by atoms with Gasteiger partial charge in [-0.05, 0) is 55.8 Å². The molecule has 0 unspecified atom stereocenters. The number of piperidine rings is 1. The van der Waals surface area contributed by atoms with Crippen molar-refractivity contribution in [1.29, 1.82) is 0 Å². The van der Waals surface area contributed by atoms with Crippen molar-refractivity contribution >= 4 is 5.78 Å². The maximum Gasteiger partial charge on any atom is 0.220 e. The van der Waals surface area contributed by atoms with Gasteiger partial charge in [-0.15, -0.1) is 0 Å². The molecule has 24 heavy (non-hydrogen) atoms. The van der Waals surface area contributed by atoms with Crippen molar-refractivity contribution in [3.63, 3.8) is 0 Å². The number of carbonyl (C=O) groups is 1. The first-order valence-corrected chi connectivity index (χ1v) is 8.14. The summed E-state index contributed by atoms with van der Waals surface area (Å²) < 4.78 is 10.9. The maximum atomic E-state index is 12.4. The number of phenols is 1. The number of hydrogen-bond donors (Lipinski definition) is 1. The Kier molecular flexibility index (Phi) is 3.25. The average molecular weight is 327 g/mol. The number of likely N-dealkylation sites (N-methyl/N-ethyl adjacent to an activating group) is 1. The van der Waals surface area contributed by atoms with Gasteiger partial charge in [-0.2, -0.15) is 0 Å². The number of carbonyl (C=O) groups excluding carboxylic acids is 1. The van der Waals surface area contributed by atoms with Gasteiger partial charge in [0.1, 0.15) is 0 Å². The smallest absolute Gasteiger partial charge is 0.220 e. The summed E-state index contributed by atoms with van der Waals surface area (Å²) in [6, 6.07) is 3.83. The van der Waals surface area contributed by atoms with Crippen molar-refractivity contribution in [1.82, 2.24) is 4.90 Å². The number of hydrogen-bond acceptors (Lipinski definition) is 5. The van der Waals surface area contributed by atoms with Crippen LogP contribution >= 0.6 is 0 Å². The number of fused-ring (bicyclic) bond motifs is 1. The van der Waals surface area contributed by atoms with E-state index in [1.165, 1.54) is 7.11 Å². The number of benzene rings is 1. The first-order chi connectivity index (χ1) is 11.5. The van der Waals surface area contributed by atoms with Crippen LogP contribution in [0.1, 0.15) is 17.5 Å². The number of methoxy groups -OCH3 is 2. The number of likely N-dealkylation sites (tertiary alicyclic amines) is 1. The summed E-state index contributed by atoms with van der Waals surface area (Å²) in [5, 5.41) is 10.3. The molecule has 1 aromatic carbocycles. The summed E-state index contributed by atoms with van der Waals surface area (Å²) in [5.41, 5.74) is 2.76. The summed E-state index contributed by atoms with van der Waals surface area (Å²) in [6.45, 7) is 0.905. The van der Waals surface area contributed by atoms with Crippen molar-refractivity contribution in [3.8, 4) is 11.5 Å². The predicted molar refractivity (Wildman–Crippen MR) is 89.3 cm³/mol. The lowest BCUT2D eigenvalue weighted by Crippen LogP contribution is -2.54. The Morgan fingerprint density at radius 3 is 2.79 bits per heavy atom. The molecule has 0 radical (unpaired) electrons. The first-order valence-electron chi connectivity index (χ1n) is 8.14. The fourth-order valence-corrected chi connectivity index (χ4v) is 4.53. The number of rotatable bonds is 2. The van der Waals surface area contributed by atoms with Gasteiger partial charge in [0.15, 0.2) is 17.3 Å². The highest BCUT2D eigenvalue weighted by atomic mass is 16.5. The van der Waals surface area contributed by atoms with E-state index in [0.29, 0.717) is 11.5 Å². The minimum atomic E-state index is -0.450. The Hall–Kier alpha value is -2.27. The zero-order chi connectivity index (χ0) is 17.1. The molecule has 0 saturated carbocycles. The molecule has 5 heteroatoms. The average Bonchev–Trinajstić information content (AvgIpc) is 2.58. The second-order valence-corrected chi connectivity index (χ2v) is 6.75. The van der Waals surface area contributed by atoms with Gasteiger partial charge in [0.25, 0.3) is 0 Å². The normalized spacial score (nSPS) is 28.5. The Balaban J connectivity index is 2.05. The number of phenolic OH excluding ortho intramolecular Hbond substituents is 1. The lowest BCUT2D eigenvalue weighted by atomic mass is 9.58. The molecule has 0 aromatic heterocycles. The van der Waals surface area contributed by atoms with E-state index in [2.05, 4.69) is 11.9 Å². The SMILES string of the molecule is COC1=C[C@@]23CCN(C)[C@@H](Cc4ccc(O)c(OC)c42)C3=CC1=O. The van der Waals surface area contributed by atoms with E-state index in [0.717, 1.165) is 36.1 Å². The van der Waals surface area contributed by atoms with E-state index in [4.69, 9.17) is 9.47 Å². The van der Waals surface area contributed by atoms with Crippen LogP contribution in [0.2, 0.25) is 0 Å². The fourth-order valence-electron chi connectivity index (χ4n) is 4.53. The van der Waals surface area contributed by atoms with Crippen LogP contribution in [0.3, 0.4) is 0 Å². The van der Waals surface area contributed by atoms with Crippen molar-refractivity contribution in [2.45, 2.75) is 24.3 Å². The number of ether oxygens (including phenoxy) is 2. The van der Waals surface area contributed by atoms with Crippen molar-refractivity contribution in [3.05, 3.63) is 46.7 Å². The van der Waals surface area contributed by atoms with E-state index in [1.807, 2.05) is 12.1 Å². The molecule has 1 saturated heterocycles. The van der Waals surface area contributed by atoms with Crippen LogP contribution in [0.15, 0.2) is 35.6 Å². The Morgan fingerprint density at radius 2 is 2.08 bits per heavy atom. The van der Waals surface area contributed by atoms with Crippen LogP contribution in [0.4, 0.5) is 0 Å². The standard InChI is InChI=1S/C19H21NO4/c1-20-7-6-19-10-16(23-2)15(22)9-12(19)13(20)8-11-4-5-14(21)18(24-3)17(11)19/h4-5,9-10,13,21H,6-8H2,1-3H3/t13-,19+/m0/s1. The van der Waals surface area contributed by atoms with Crippen LogP contribution in [-0.4, -0.2) is 49.6 Å². The third-order valence-electron chi connectivity index (χ3n) is 5.68. The molecular weight excluding hydrogens is 306 g/mol.